The molecule has 0 saturated heterocycles. The first-order chi connectivity index (χ1) is 10.0. The molecule has 1 aromatic carbocycles. The number of benzene rings is 1. The van der Waals surface area contributed by atoms with E-state index in [4.69, 9.17) is 0 Å². The summed E-state index contributed by atoms with van der Waals surface area (Å²) >= 11 is 0. The third-order valence-corrected chi connectivity index (χ3v) is 7.57. The molecule has 0 spiro atoms. The van der Waals surface area contributed by atoms with Crippen LogP contribution in [0.4, 0.5) is 0 Å². The molecule has 4 unspecified atom stereocenters. The van der Waals surface area contributed by atoms with Crippen LogP contribution in [-0.4, -0.2) is 6.04 Å². The van der Waals surface area contributed by atoms with Gasteiger partial charge < -0.3 is 5.32 Å². The number of rotatable bonds is 2. The summed E-state index contributed by atoms with van der Waals surface area (Å²) in [6, 6.07) is 10.4. The lowest BCUT2D eigenvalue weighted by atomic mass is 9.69. The van der Waals surface area contributed by atoms with Crippen LogP contribution in [0, 0.1) is 16.7 Å². The van der Waals surface area contributed by atoms with Gasteiger partial charge in [-0.15, -0.1) is 0 Å². The summed E-state index contributed by atoms with van der Waals surface area (Å²) in [6.07, 6.45) is 8.17. The summed E-state index contributed by atoms with van der Waals surface area (Å²) in [5.74, 6) is 0.929. The van der Waals surface area contributed by atoms with E-state index in [1.54, 1.807) is 11.1 Å². The summed E-state index contributed by atoms with van der Waals surface area (Å²) in [5.41, 5.74) is 4.16. The average Bonchev–Trinajstić information content (AvgIpc) is 2.81. The van der Waals surface area contributed by atoms with E-state index < -0.39 is 0 Å². The molecule has 3 aliphatic rings. The lowest BCUT2D eigenvalue weighted by Gasteiger charge is -2.42. The Morgan fingerprint density at radius 2 is 1.90 bits per heavy atom. The molecule has 0 amide bonds. The zero-order valence-electron chi connectivity index (χ0n) is 13.8. The summed E-state index contributed by atoms with van der Waals surface area (Å²) in [7, 11) is 0. The molecule has 0 heterocycles. The zero-order chi connectivity index (χ0) is 14.7. The lowest BCUT2D eigenvalue weighted by Crippen LogP contribution is -2.46. The standard InChI is InChI=1S/C20H29N/c1-19(2)15-11-12-20(19,3)18(13-15)21-17-10-6-8-14-7-4-5-9-16(14)17/h4-5,7,9,15,17-18,21H,6,8,10-13H2,1-3H3. The number of hydrogen-bond acceptors (Lipinski definition) is 1. The quantitative estimate of drug-likeness (QED) is 0.816. The van der Waals surface area contributed by atoms with Gasteiger partial charge in [0.15, 0.2) is 0 Å². The van der Waals surface area contributed by atoms with Crippen molar-refractivity contribution in [3.63, 3.8) is 0 Å². The van der Waals surface area contributed by atoms with Crippen LogP contribution in [0.3, 0.4) is 0 Å². The molecule has 0 aromatic heterocycles. The van der Waals surface area contributed by atoms with Crippen LogP contribution in [-0.2, 0) is 6.42 Å². The maximum absolute atomic E-state index is 4.10. The van der Waals surface area contributed by atoms with Crippen LogP contribution in [0.5, 0.6) is 0 Å². The maximum Gasteiger partial charge on any atom is 0.0325 e. The maximum atomic E-state index is 4.10. The van der Waals surface area contributed by atoms with Crippen molar-refractivity contribution in [1.82, 2.24) is 5.32 Å². The fraction of sp³-hybridized carbons (Fsp3) is 0.700. The van der Waals surface area contributed by atoms with E-state index in [9.17, 15) is 0 Å². The highest BCUT2D eigenvalue weighted by Crippen LogP contribution is 2.65. The molecule has 1 nitrogen and oxygen atoms in total. The van der Waals surface area contributed by atoms with Crippen molar-refractivity contribution in [2.45, 2.75) is 71.4 Å². The van der Waals surface area contributed by atoms with Gasteiger partial charge in [-0.05, 0) is 66.4 Å². The van der Waals surface area contributed by atoms with Gasteiger partial charge in [-0.3, -0.25) is 0 Å². The molecule has 3 aliphatic carbocycles. The van der Waals surface area contributed by atoms with E-state index in [1.165, 1.54) is 38.5 Å². The molecule has 1 heteroatoms. The molecule has 1 N–H and O–H groups in total. The molecule has 0 radical (unpaired) electrons. The number of hydrogen-bond donors (Lipinski definition) is 1. The van der Waals surface area contributed by atoms with Crippen LogP contribution >= 0.6 is 0 Å². The van der Waals surface area contributed by atoms with Crippen molar-refractivity contribution < 1.29 is 0 Å². The minimum absolute atomic E-state index is 0.490. The lowest BCUT2D eigenvalue weighted by molar-refractivity contribution is 0.113. The Labute approximate surface area is 129 Å². The smallest absolute Gasteiger partial charge is 0.0325 e. The van der Waals surface area contributed by atoms with Crippen molar-refractivity contribution in [2.75, 3.05) is 0 Å². The molecule has 21 heavy (non-hydrogen) atoms. The highest BCUT2D eigenvalue weighted by molar-refractivity contribution is 5.32. The van der Waals surface area contributed by atoms with Gasteiger partial charge in [0.25, 0.3) is 0 Å². The van der Waals surface area contributed by atoms with Crippen molar-refractivity contribution >= 4 is 0 Å². The van der Waals surface area contributed by atoms with Crippen LogP contribution in [0.1, 0.15) is 70.0 Å². The Kier molecular flexibility index (Phi) is 3.02. The van der Waals surface area contributed by atoms with E-state index >= 15 is 0 Å². The van der Waals surface area contributed by atoms with Gasteiger partial charge in [-0.1, -0.05) is 45.0 Å². The minimum atomic E-state index is 0.490. The summed E-state index contributed by atoms with van der Waals surface area (Å²) < 4.78 is 0. The van der Waals surface area contributed by atoms with Gasteiger partial charge >= 0.3 is 0 Å². The Bertz CT molecular complexity index is 547. The fourth-order valence-electron chi connectivity index (χ4n) is 5.63. The third kappa shape index (κ3) is 1.86. The fourth-order valence-corrected chi connectivity index (χ4v) is 5.63. The van der Waals surface area contributed by atoms with Crippen molar-refractivity contribution in [3.05, 3.63) is 35.4 Å². The highest BCUT2D eigenvalue weighted by atomic mass is 15.0. The molecule has 1 aromatic rings. The first-order valence-corrected chi connectivity index (χ1v) is 8.86. The van der Waals surface area contributed by atoms with Gasteiger partial charge in [-0.2, -0.15) is 0 Å². The zero-order valence-corrected chi connectivity index (χ0v) is 13.8. The first-order valence-electron chi connectivity index (χ1n) is 8.86. The average molecular weight is 283 g/mol. The van der Waals surface area contributed by atoms with Crippen molar-refractivity contribution in [1.29, 1.82) is 0 Å². The summed E-state index contributed by atoms with van der Waals surface area (Å²) in [6.45, 7) is 7.58. The molecular weight excluding hydrogens is 254 g/mol. The Morgan fingerprint density at radius 3 is 2.62 bits per heavy atom. The molecule has 2 saturated carbocycles. The Hall–Kier alpha value is -0.820. The predicted molar refractivity (Wildman–Crippen MR) is 88.3 cm³/mol. The highest BCUT2D eigenvalue weighted by Gasteiger charge is 2.61. The van der Waals surface area contributed by atoms with E-state index in [2.05, 4.69) is 50.4 Å². The van der Waals surface area contributed by atoms with E-state index in [1.807, 2.05) is 0 Å². The Balaban J connectivity index is 1.59. The first kappa shape index (κ1) is 13.8. The SMILES string of the molecule is CC1(C)C2CCC1(C)C(NC1CCCc3ccccc31)C2. The molecule has 0 aliphatic heterocycles. The van der Waals surface area contributed by atoms with Gasteiger partial charge in [0, 0.05) is 12.1 Å². The second-order valence-corrected chi connectivity index (χ2v) is 8.47. The van der Waals surface area contributed by atoms with Gasteiger partial charge in [-0.25, -0.2) is 0 Å². The van der Waals surface area contributed by atoms with Gasteiger partial charge in [0.05, 0.1) is 0 Å². The molecule has 2 bridgehead atoms. The topological polar surface area (TPSA) is 12.0 Å². The van der Waals surface area contributed by atoms with E-state index in [0.717, 1.165) is 5.92 Å². The van der Waals surface area contributed by atoms with Crippen LogP contribution in [0.2, 0.25) is 0 Å². The predicted octanol–water partition coefficient (Wildman–Crippen LogP) is 4.87. The second-order valence-electron chi connectivity index (χ2n) is 8.47. The number of aryl methyl sites for hydroxylation is 1. The van der Waals surface area contributed by atoms with Crippen molar-refractivity contribution in [2.24, 2.45) is 16.7 Å². The number of fused-ring (bicyclic) bond motifs is 3. The van der Waals surface area contributed by atoms with Gasteiger partial charge in [0.1, 0.15) is 0 Å². The molecular formula is C20H29N. The monoisotopic (exact) mass is 283 g/mol. The Morgan fingerprint density at radius 1 is 1.10 bits per heavy atom. The van der Waals surface area contributed by atoms with Crippen LogP contribution < -0.4 is 5.32 Å². The van der Waals surface area contributed by atoms with E-state index in [0.29, 0.717) is 22.9 Å². The van der Waals surface area contributed by atoms with Gasteiger partial charge in [0.2, 0.25) is 0 Å². The minimum Gasteiger partial charge on any atom is -0.307 e. The summed E-state index contributed by atoms with van der Waals surface area (Å²) in [5, 5.41) is 4.10. The molecule has 114 valence electrons. The van der Waals surface area contributed by atoms with Crippen LogP contribution in [0.25, 0.3) is 0 Å². The number of nitrogens with one attached hydrogen (secondary N) is 1. The molecule has 2 fully saturated rings. The normalized spacial score (nSPS) is 40.2. The van der Waals surface area contributed by atoms with E-state index in [-0.39, 0.29) is 0 Å². The second kappa shape index (κ2) is 4.59. The van der Waals surface area contributed by atoms with Crippen molar-refractivity contribution in [3.8, 4) is 0 Å². The van der Waals surface area contributed by atoms with Crippen LogP contribution in [0.15, 0.2) is 24.3 Å². The molecule has 4 rings (SSSR count). The largest absolute Gasteiger partial charge is 0.307 e. The summed E-state index contributed by atoms with van der Waals surface area (Å²) in [4.78, 5) is 0. The molecule has 4 atom stereocenters. The third-order valence-electron chi connectivity index (χ3n) is 7.57.